The van der Waals surface area contributed by atoms with Crippen LogP contribution in [0.15, 0.2) is 24.3 Å². The molecule has 0 bridgehead atoms. The summed E-state index contributed by atoms with van der Waals surface area (Å²) >= 11 is 5.96. The highest BCUT2D eigenvalue weighted by molar-refractivity contribution is 6.30. The van der Waals surface area contributed by atoms with Crippen LogP contribution in [0, 0.1) is 0 Å². The van der Waals surface area contributed by atoms with Crippen molar-refractivity contribution in [1.82, 2.24) is 4.90 Å². The van der Waals surface area contributed by atoms with E-state index in [0.29, 0.717) is 5.02 Å². The Morgan fingerprint density at radius 3 is 2.94 bits per heavy atom. The van der Waals surface area contributed by atoms with Gasteiger partial charge in [-0.2, -0.15) is 0 Å². The van der Waals surface area contributed by atoms with Gasteiger partial charge in [0.25, 0.3) is 0 Å². The fourth-order valence-electron chi connectivity index (χ4n) is 2.24. The van der Waals surface area contributed by atoms with E-state index in [0.717, 1.165) is 24.9 Å². The molecule has 17 heavy (non-hydrogen) atoms. The van der Waals surface area contributed by atoms with Gasteiger partial charge in [0.05, 0.1) is 12.6 Å². The van der Waals surface area contributed by atoms with Gasteiger partial charge in [-0.1, -0.05) is 23.7 Å². The second-order valence-electron chi connectivity index (χ2n) is 4.00. The third kappa shape index (κ3) is 3.12. The molecular formula is C12H16Cl2N2O. The van der Waals surface area contributed by atoms with Crippen LogP contribution in [0.3, 0.4) is 0 Å². The maximum atomic E-state index is 11.7. The van der Waals surface area contributed by atoms with Gasteiger partial charge in [-0.3, -0.25) is 4.79 Å². The van der Waals surface area contributed by atoms with Crippen molar-refractivity contribution in [3.8, 4) is 0 Å². The Labute approximate surface area is 112 Å². The standard InChI is InChI=1S/C12H15ClN2O.ClH/c13-10-4-1-3-9(7-10)11-5-2-6-15(11)12(16)8-14;/h1,3-4,7,11H,2,5-6,8,14H2;1H. The summed E-state index contributed by atoms with van der Waals surface area (Å²) in [5.74, 6) is 0.0162. The molecule has 0 saturated carbocycles. The molecule has 0 spiro atoms. The van der Waals surface area contributed by atoms with Crippen LogP contribution in [0.4, 0.5) is 0 Å². The highest BCUT2D eigenvalue weighted by Gasteiger charge is 2.28. The zero-order valence-electron chi connectivity index (χ0n) is 9.43. The number of hydrogen-bond donors (Lipinski definition) is 1. The Balaban J connectivity index is 0.00000144. The van der Waals surface area contributed by atoms with Crippen molar-refractivity contribution in [3.63, 3.8) is 0 Å². The molecule has 5 heteroatoms. The highest BCUT2D eigenvalue weighted by Crippen LogP contribution is 2.32. The average molecular weight is 275 g/mol. The third-order valence-electron chi connectivity index (χ3n) is 2.98. The van der Waals surface area contributed by atoms with Gasteiger partial charge in [0.1, 0.15) is 0 Å². The molecule has 1 saturated heterocycles. The zero-order valence-corrected chi connectivity index (χ0v) is 11.0. The molecule has 0 radical (unpaired) electrons. The van der Waals surface area contributed by atoms with E-state index in [2.05, 4.69) is 0 Å². The van der Waals surface area contributed by atoms with Gasteiger partial charge in [-0.25, -0.2) is 0 Å². The van der Waals surface area contributed by atoms with E-state index in [1.165, 1.54) is 0 Å². The quantitative estimate of drug-likeness (QED) is 0.900. The van der Waals surface area contributed by atoms with Crippen molar-refractivity contribution in [2.45, 2.75) is 18.9 Å². The van der Waals surface area contributed by atoms with Crippen molar-refractivity contribution in [1.29, 1.82) is 0 Å². The summed E-state index contributed by atoms with van der Waals surface area (Å²) in [5, 5.41) is 0.713. The number of benzene rings is 1. The molecule has 1 heterocycles. The predicted molar refractivity (Wildman–Crippen MR) is 71.4 cm³/mol. The van der Waals surface area contributed by atoms with Gasteiger partial charge in [0.15, 0.2) is 0 Å². The Bertz CT molecular complexity index is 398. The number of carbonyl (C=O) groups excluding carboxylic acids is 1. The summed E-state index contributed by atoms with van der Waals surface area (Å²) in [6.45, 7) is 0.879. The van der Waals surface area contributed by atoms with Crippen LogP contribution in [0.2, 0.25) is 5.02 Å². The van der Waals surface area contributed by atoms with Crippen LogP contribution < -0.4 is 5.73 Å². The molecule has 1 fully saturated rings. The van der Waals surface area contributed by atoms with E-state index in [-0.39, 0.29) is 30.9 Å². The van der Waals surface area contributed by atoms with Crippen LogP contribution in [-0.2, 0) is 4.79 Å². The largest absolute Gasteiger partial charge is 0.335 e. The summed E-state index contributed by atoms with van der Waals surface area (Å²) in [7, 11) is 0. The molecule has 0 aliphatic carbocycles. The van der Waals surface area contributed by atoms with Gasteiger partial charge in [-0.05, 0) is 30.5 Å². The zero-order chi connectivity index (χ0) is 11.5. The fourth-order valence-corrected chi connectivity index (χ4v) is 2.44. The number of carbonyl (C=O) groups is 1. The minimum absolute atomic E-state index is 0. The van der Waals surface area contributed by atoms with Crippen molar-refractivity contribution in [2.24, 2.45) is 5.73 Å². The summed E-state index contributed by atoms with van der Waals surface area (Å²) in [5.41, 5.74) is 6.51. The van der Waals surface area contributed by atoms with Gasteiger partial charge in [-0.15, -0.1) is 12.4 Å². The van der Waals surface area contributed by atoms with E-state index in [4.69, 9.17) is 17.3 Å². The SMILES string of the molecule is Cl.NCC(=O)N1CCCC1c1cccc(Cl)c1. The van der Waals surface area contributed by atoms with Crippen LogP contribution in [0.1, 0.15) is 24.4 Å². The first-order valence-corrected chi connectivity index (χ1v) is 5.85. The van der Waals surface area contributed by atoms with Crippen molar-refractivity contribution in [2.75, 3.05) is 13.1 Å². The number of halogens is 2. The van der Waals surface area contributed by atoms with Crippen LogP contribution in [-0.4, -0.2) is 23.9 Å². The maximum absolute atomic E-state index is 11.7. The lowest BCUT2D eigenvalue weighted by atomic mass is 10.0. The predicted octanol–water partition coefficient (Wildman–Crippen LogP) is 2.38. The number of rotatable bonds is 2. The monoisotopic (exact) mass is 274 g/mol. The van der Waals surface area contributed by atoms with Gasteiger partial charge in [0, 0.05) is 11.6 Å². The topological polar surface area (TPSA) is 46.3 Å². The van der Waals surface area contributed by atoms with Crippen LogP contribution in [0.5, 0.6) is 0 Å². The molecule has 1 aromatic carbocycles. The van der Waals surface area contributed by atoms with Crippen LogP contribution >= 0.6 is 24.0 Å². The Morgan fingerprint density at radius 1 is 1.53 bits per heavy atom. The first-order chi connectivity index (χ1) is 7.72. The molecule has 0 aromatic heterocycles. The molecule has 3 nitrogen and oxygen atoms in total. The lowest BCUT2D eigenvalue weighted by molar-refractivity contribution is -0.130. The molecule has 1 atom stereocenters. The van der Waals surface area contributed by atoms with Crippen LogP contribution in [0.25, 0.3) is 0 Å². The molecule has 1 amide bonds. The second-order valence-corrected chi connectivity index (χ2v) is 4.44. The smallest absolute Gasteiger partial charge is 0.236 e. The molecule has 1 aliphatic heterocycles. The summed E-state index contributed by atoms with van der Waals surface area (Å²) in [4.78, 5) is 13.5. The molecule has 1 unspecified atom stereocenters. The summed E-state index contributed by atoms with van der Waals surface area (Å²) < 4.78 is 0. The lowest BCUT2D eigenvalue weighted by Crippen LogP contribution is -2.35. The van der Waals surface area contributed by atoms with Gasteiger partial charge in [0.2, 0.25) is 5.91 Å². The van der Waals surface area contributed by atoms with E-state index >= 15 is 0 Å². The fraction of sp³-hybridized carbons (Fsp3) is 0.417. The number of nitrogens with zero attached hydrogens (tertiary/aromatic N) is 1. The number of amides is 1. The number of nitrogens with two attached hydrogens (primary N) is 1. The molecule has 2 rings (SSSR count). The Kier molecular flexibility index (Phi) is 5.25. The minimum atomic E-state index is 0. The van der Waals surface area contributed by atoms with E-state index in [1.807, 2.05) is 29.2 Å². The number of likely N-dealkylation sites (tertiary alicyclic amines) is 1. The maximum Gasteiger partial charge on any atom is 0.236 e. The number of hydrogen-bond acceptors (Lipinski definition) is 2. The third-order valence-corrected chi connectivity index (χ3v) is 3.22. The van der Waals surface area contributed by atoms with Crippen molar-refractivity contribution >= 4 is 29.9 Å². The highest BCUT2D eigenvalue weighted by atomic mass is 35.5. The minimum Gasteiger partial charge on any atom is -0.335 e. The molecule has 1 aromatic rings. The van der Waals surface area contributed by atoms with E-state index < -0.39 is 0 Å². The molecule has 94 valence electrons. The van der Waals surface area contributed by atoms with E-state index in [1.54, 1.807) is 0 Å². The molecule has 2 N–H and O–H groups in total. The normalized spacial score (nSPS) is 18.9. The first kappa shape index (κ1) is 14.3. The summed E-state index contributed by atoms with van der Waals surface area (Å²) in [6.07, 6.45) is 2.02. The van der Waals surface area contributed by atoms with Gasteiger partial charge < -0.3 is 10.6 Å². The average Bonchev–Trinajstić information content (AvgIpc) is 2.77. The summed E-state index contributed by atoms with van der Waals surface area (Å²) in [6, 6.07) is 7.85. The molecular weight excluding hydrogens is 259 g/mol. The lowest BCUT2D eigenvalue weighted by Gasteiger charge is -2.24. The second kappa shape index (κ2) is 6.24. The van der Waals surface area contributed by atoms with E-state index in [9.17, 15) is 4.79 Å². The van der Waals surface area contributed by atoms with Crippen molar-refractivity contribution in [3.05, 3.63) is 34.9 Å². The Hall–Kier alpha value is -0.770. The van der Waals surface area contributed by atoms with Gasteiger partial charge >= 0.3 is 0 Å². The Morgan fingerprint density at radius 2 is 2.29 bits per heavy atom. The molecule has 1 aliphatic rings. The first-order valence-electron chi connectivity index (χ1n) is 5.47. The van der Waals surface area contributed by atoms with Crippen molar-refractivity contribution < 1.29 is 4.79 Å².